The highest BCUT2D eigenvalue weighted by Crippen LogP contribution is 2.29. The van der Waals surface area contributed by atoms with E-state index in [0.717, 1.165) is 22.6 Å². The highest BCUT2D eigenvalue weighted by molar-refractivity contribution is 7.99. The zero-order valence-corrected chi connectivity index (χ0v) is 19.5. The van der Waals surface area contributed by atoms with Crippen molar-refractivity contribution >= 4 is 29.3 Å². The first kappa shape index (κ1) is 22.8. The molecule has 0 unspecified atom stereocenters. The van der Waals surface area contributed by atoms with Crippen LogP contribution in [0.25, 0.3) is 17.1 Å². The van der Waals surface area contributed by atoms with Crippen molar-refractivity contribution in [2.24, 2.45) is 0 Å². The Morgan fingerprint density at radius 2 is 1.82 bits per heavy atom. The Morgan fingerprint density at radius 1 is 1.06 bits per heavy atom. The van der Waals surface area contributed by atoms with E-state index in [1.54, 1.807) is 19.5 Å². The van der Waals surface area contributed by atoms with Gasteiger partial charge in [-0.1, -0.05) is 41.6 Å². The number of hydrogen-bond acceptors (Lipinski definition) is 6. The Hall–Kier alpha value is -3.36. The lowest BCUT2D eigenvalue weighted by atomic mass is 10.2. The number of hydrogen-bond donors (Lipinski definition) is 1. The predicted molar refractivity (Wildman–Crippen MR) is 130 cm³/mol. The number of nitrogens with zero attached hydrogens (tertiary/aromatic N) is 4. The van der Waals surface area contributed by atoms with Crippen LogP contribution in [0.3, 0.4) is 0 Å². The number of ether oxygens (including phenoxy) is 1. The van der Waals surface area contributed by atoms with Gasteiger partial charge in [0, 0.05) is 47.4 Å². The third kappa shape index (κ3) is 5.71. The topological polar surface area (TPSA) is 81.9 Å². The minimum absolute atomic E-state index is 0.0488. The minimum Gasteiger partial charge on any atom is -0.497 e. The molecule has 1 amide bonds. The molecule has 4 rings (SSSR count). The van der Waals surface area contributed by atoms with Crippen LogP contribution in [0.1, 0.15) is 12.0 Å². The molecule has 0 aliphatic heterocycles. The molecule has 33 heavy (non-hydrogen) atoms. The molecule has 0 fully saturated rings. The van der Waals surface area contributed by atoms with Gasteiger partial charge in [-0.05, 0) is 48.0 Å². The molecule has 0 aliphatic carbocycles. The maximum Gasteiger partial charge on any atom is 0.221 e. The summed E-state index contributed by atoms with van der Waals surface area (Å²) in [6, 6.07) is 18.9. The van der Waals surface area contributed by atoms with E-state index in [0.29, 0.717) is 34.7 Å². The first-order valence-corrected chi connectivity index (χ1v) is 11.6. The molecule has 9 heteroatoms. The molecule has 1 N–H and O–H groups in total. The maximum atomic E-state index is 12.3. The molecule has 2 aromatic carbocycles. The summed E-state index contributed by atoms with van der Waals surface area (Å²) in [5.41, 5.74) is 2.69. The lowest BCUT2D eigenvalue weighted by Gasteiger charge is -2.11. The van der Waals surface area contributed by atoms with Crippen LogP contribution in [0.2, 0.25) is 5.02 Å². The Bertz CT molecular complexity index is 1220. The summed E-state index contributed by atoms with van der Waals surface area (Å²) in [6.07, 6.45) is 3.78. The highest BCUT2D eigenvalue weighted by atomic mass is 35.5. The molecule has 4 aromatic rings. The van der Waals surface area contributed by atoms with Gasteiger partial charge >= 0.3 is 0 Å². The molecule has 7 nitrogen and oxygen atoms in total. The van der Waals surface area contributed by atoms with Crippen molar-refractivity contribution in [3.8, 4) is 22.8 Å². The number of rotatable bonds is 9. The van der Waals surface area contributed by atoms with E-state index >= 15 is 0 Å². The van der Waals surface area contributed by atoms with E-state index in [1.165, 1.54) is 11.8 Å². The van der Waals surface area contributed by atoms with Crippen LogP contribution >= 0.6 is 23.4 Å². The van der Waals surface area contributed by atoms with Crippen molar-refractivity contribution in [2.45, 2.75) is 18.1 Å². The minimum atomic E-state index is -0.0488. The summed E-state index contributed by atoms with van der Waals surface area (Å²) in [6.45, 7) is 0.400. The van der Waals surface area contributed by atoms with Gasteiger partial charge < -0.3 is 10.1 Å². The SMILES string of the molecule is COc1ccc(-n2c(SCCC(=O)NCc3ccccc3Cl)nnc2-c2ccncc2)cc1. The van der Waals surface area contributed by atoms with E-state index in [4.69, 9.17) is 16.3 Å². The number of thioether (sulfide) groups is 1. The van der Waals surface area contributed by atoms with Crippen LogP contribution in [0.5, 0.6) is 5.75 Å². The summed E-state index contributed by atoms with van der Waals surface area (Å²) in [5, 5.41) is 13.1. The van der Waals surface area contributed by atoms with E-state index in [-0.39, 0.29) is 5.91 Å². The Morgan fingerprint density at radius 3 is 2.55 bits per heavy atom. The summed E-state index contributed by atoms with van der Waals surface area (Å²) in [5.74, 6) is 1.97. The number of carbonyl (C=O) groups excluding carboxylic acids is 1. The van der Waals surface area contributed by atoms with Gasteiger partial charge in [-0.2, -0.15) is 0 Å². The molecule has 168 valence electrons. The smallest absolute Gasteiger partial charge is 0.221 e. The summed E-state index contributed by atoms with van der Waals surface area (Å²) in [7, 11) is 1.63. The quantitative estimate of drug-likeness (QED) is 0.347. The van der Waals surface area contributed by atoms with E-state index < -0.39 is 0 Å². The van der Waals surface area contributed by atoms with Crippen molar-refractivity contribution in [3.05, 3.63) is 83.6 Å². The molecule has 0 aliphatic rings. The number of halogens is 1. The van der Waals surface area contributed by atoms with Gasteiger partial charge in [0.15, 0.2) is 11.0 Å². The average Bonchev–Trinajstić information content (AvgIpc) is 3.28. The molecule has 0 atom stereocenters. The molecule has 2 heterocycles. The van der Waals surface area contributed by atoms with E-state index in [1.807, 2.05) is 65.2 Å². The highest BCUT2D eigenvalue weighted by Gasteiger charge is 2.17. The first-order chi connectivity index (χ1) is 16.2. The largest absolute Gasteiger partial charge is 0.497 e. The number of pyridine rings is 1. The molecule has 2 aromatic heterocycles. The normalized spacial score (nSPS) is 10.7. The fourth-order valence-electron chi connectivity index (χ4n) is 3.17. The van der Waals surface area contributed by atoms with Gasteiger partial charge in [0.05, 0.1) is 7.11 Å². The standard InChI is InChI=1S/C24H22ClN5O2S/c1-32-20-8-6-19(7-9-20)30-23(17-10-13-26-14-11-17)28-29-24(30)33-15-12-22(31)27-16-18-4-2-3-5-21(18)25/h2-11,13-14H,12,15-16H2,1H3,(H,27,31). The Labute approximate surface area is 201 Å². The fraction of sp³-hybridized carbons (Fsp3) is 0.167. The molecule has 0 saturated heterocycles. The van der Waals surface area contributed by atoms with Crippen molar-refractivity contribution < 1.29 is 9.53 Å². The van der Waals surface area contributed by atoms with E-state index in [9.17, 15) is 4.79 Å². The van der Waals surface area contributed by atoms with Gasteiger partial charge in [0.2, 0.25) is 5.91 Å². The average molecular weight is 480 g/mol. The lowest BCUT2D eigenvalue weighted by molar-refractivity contribution is -0.120. The summed E-state index contributed by atoms with van der Waals surface area (Å²) in [4.78, 5) is 16.4. The van der Waals surface area contributed by atoms with Gasteiger partial charge in [-0.3, -0.25) is 14.3 Å². The fourth-order valence-corrected chi connectivity index (χ4v) is 4.27. The predicted octanol–water partition coefficient (Wildman–Crippen LogP) is 4.79. The monoisotopic (exact) mass is 479 g/mol. The van der Waals surface area contributed by atoms with Gasteiger partial charge in [0.1, 0.15) is 5.75 Å². The van der Waals surface area contributed by atoms with Gasteiger partial charge in [-0.15, -0.1) is 10.2 Å². The zero-order chi connectivity index (χ0) is 23.0. The first-order valence-electron chi connectivity index (χ1n) is 10.3. The number of benzene rings is 2. The van der Waals surface area contributed by atoms with Crippen molar-refractivity contribution in [2.75, 3.05) is 12.9 Å². The van der Waals surface area contributed by atoms with Crippen LogP contribution in [-0.2, 0) is 11.3 Å². The van der Waals surface area contributed by atoms with Crippen LogP contribution in [0, 0.1) is 0 Å². The second kappa shape index (κ2) is 11.0. The number of carbonyl (C=O) groups is 1. The molecule has 0 radical (unpaired) electrons. The number of methoxy groups -OCH3 is 1. The lowest BCUT2D eigenvalue weighted by Crippen LogP contribution is -2.23. The van der Waals surface area contributed by atoms with Crippen LogP contribution in [-0.4, -0.2) is 38.5 Å². The Kier molecular flexibility index (Phi) is 7.59. The number of nitrogens with one attached hydrogen (secondary N) is 1. The molecular weight excluding hydrogens is 458 g/mol. The van der Waals surface area contributed by atoms with Gasteiger partial charge in [0.25, 0.3) is 0 Å². The van der Waals surface area contributed by atoms with Crippen molar-refractivity contribution in [1.82, 2.24) is 25.1 Å². The molecular formula is C24H22ClN5O2S. The van der Waals surface area contributed by atoms with Crippen LogP contribution in [0.4, 0.5) is 0 Å². The second-order valence-electron chi connectivity index (χ2n) is 7.04. The Balaban J connectivity index is 1.46. The third-order valence-electron chi connectivity index (χ3n) is 4.90. The van der Waals surface area contributed by atoms with E-state index in [2.05, 4.69) is 20.5 Å². The van der Waals surface area contributed by atoms with Gasteiger partial charge in [-0.25, -0.2) is 0 Å². The second-order valence-corrected chi connectivity index (χ2v) is 8.51. The van der Waals surface area contributed by atoms with Crippen LogP contribution < -0.4 is 10.1 Å². The van der Waals surface area contributed by atoms with Crippen molar-refractivity contribution in [3.63, 3.8) is 0 Å². The third-order valence-corrected chi connectivity index (χ3v) is 6.20. The number of amides is 1. The zero-order valence-electron chi connectivity index (χ0n) is 17.9. The molecule has 0 saturated carbocycles. The number of aromatic nitrogens is 4. The maximum absolute atomic E-state index is 12.3. The molecule has 0 spiro atoms. The van der Waals surface area contributed by atoms with Crippen molar-refractivity contribution in [1.29, 1.82) is 0 Å². The summed E-state index contributed by atoms with van der Waals surface area (Å²) < 4.78 is 7.25. The van der Waals surface area contributed by atoms with Crippen LogP contribution in [0.15, 0.2) is 78.2 Å². The molecule has 0 bridgehead atoms. The summed E-state index contributed by atoms with van der Waals surface area (Å²) >= 11 is 7.63.